The Bertz CT molecular complexity index is 575. The number of hydrogen-bond donors (Lipinski definition) is 2. The molecular weight excluding hydrogens is 278 g/mol. The van der Waals surface area contributed by atoms with E-state index in [4.69, 9.17) is 11.1 Å². The third-order valence-electron chi connectivity index (χ3n) is 3.96. The highest BCUT2D eigenvalue weighted by Crippen LogP contribution is 2.37. The molecule has 3 N–H and O–H groups in total. The van der Waals surface area contributed by atoms with Gasteiger partial charge in [-0.3, -0.25) is 10.3 Å². The summed E-state index contributed by atoms with van der Waals surface area (Å²) in [5.41, 5.74) is 8.34. The number of nitrogens with zero attached hydrogens (tertiary/aromatic N) is 1. The van der Waals surface area contributed by atoms with Crippen LogP contribution in [0.15, 0.2) is 47.2 Å². The first-order chi connectivity index (χ1) is 10.2. The lowest BCUT2D eigenvalue weighted by molar-refractivity contribution is 0.181. The van der Waals surface area contributed by atoms with Crippen molar-refractivity contribution in [2.75, 3.05) is 0 Å². The minimum absolute atomic E-state index is 0.205. The van der Waals surface area contributed by atoms with Gasteiger partial charge < -0.3 is 5.73 Å². The number of hydrogen-bond acceptors (Lipinski definition) is 3. The first-order valence-electron chi connectivity index (χ1n) is 7.38. The standard InChI is InChI=1S/C17H21N3S/c18-17(19)10-16(14-4-2-1-3-5-14)20(15-6-7-15)11-13-8-9-21-12-13/h1-5,8-9,12,15-16H,6-7,10-11H2,(H3,18,19). The summed E-state index contributed by atoms with van der Waals surface area (Å²) in [6.45, 7) is 0.945. The van der Waals surface area contributed by atoms with E-state index in [2.05, 4.69) is 46.0 Å². The highest BCUT2D eigenvalue weighted by atomic mass is 32.1. The molecule has 1 heterocycles. The lowest BCUT2D eigenvalue weighted by Gasteiger charge is -2.32. The predicted octanol–water partition coefficient (Wildman–Crippen LogP) is 3.78. The van der Waals surface area contributed by atoms with Crippen molar-refractivity contribution in [1.29, 1.82) is 5.41 Å². The summed E-state index contributed by atoms with van der Waals surface area (Å²) in [5, 5.41) is 12.1. The number of nitrogens with two attached hydrogens (primary N) is 1. The third-order valence-corrected chi connectivity index (χ3v) is 4.69. The van der Waals surface area contributed by atoms with Crippen LogP contribution in [-0.4, -0.2) is 16.8 Å². The van der Waals surface area contributed by atoms with Crippen LogP contribution in [0.3, 0.4) is 0 Å². The summed E-state index contributed by atoms with van der Waals surface area (Å²) in [6.07, 6.45) is 3.11. The Morgan fingerprint density at radius 3 is 2.62 bits per heavy atom. The predicted molar refractivity (Wildman–Crippen MR) is 88.6 cm³/mol. The molecule has 21 heavy (non-hydrogen) atoms. The molecule has 0 bridgehead atoms. The lowest BCUT2D eigenvalue weighted by Crippen LogP contribution is -2.33. The van der Waals surface area contributed by atoms with Gasteiger partial charge in [0.1, 0.15) is 0 Å². The van der Waals surface area contributed by atoms with Crippen molar-refractivity contribution in [3.05, 3.63) is 58.3 Å². The Kier molecular flexibility index (Phi) is 4.36. The minimum Gasteiger partial charge on any atom is -0.388 e. The zero-order valence-corrected chi connectivity index (χ0v) is 12.9. The van der Waals surface area contributed by atoms with Gasteiger partial charge in [-0.2, -0.15) is 11.3 Å². The average Bonchev–Trinajstić information content (AvgIpc) is 3.20. The smallest absolute Gasteiger partial charge is 0.0924 e. The molecule has 1 fully saturated rings. The molecule has 1 aromatic heterocycles. The third kappa shape index (κ3) is 3.71. The van der Waals surface area contributed by atoms with Crippen molar-refractivity contribution in [2.24, 2.45) is 5.73 Å². The van der Waals surface area contributed by atoms with E-state index < -0.39 is 0 Å². The molecule has 2 aromatic rings. The molecule has 1 aromatic carbocycles. The lowest BCUT2D eigenvalue weighted by atomic mass is 10.0. The van der Waals surface area contributed by atoms with Gasteiger partial charge in [-0.05, 0) is 40.8 Å². The van der Waals surface area contributed by atoms with E-state index in [1.807, 2.05) is 6.07 Å². The van der Waals surface area contributed by atoms with Crippen LogP contribution in [0.1, 0.15) is 36.4 Å². The Balaban J connectivity index is 1.86. The second kappa shape index (κ2) is 6.41. The first kappa shape index (κ1) is 14.3. The molecule has 1 aliphatic carbocycles. The Morgan fingerprint density at radius 2 is 2.05 bits per heavy atom. The van der Waals surface area contributed by atoms with Crippen LogP contribution >= 0.6 is 11.3 Å². The van der Waals surface area contributed by atoms with Gasteiger partial charge in [0.2, 0.25) is 0 Å². The molecule has 1 aliphatic rings. The summed E-state index contributed by atoms with van der Waals surface area (Å²) in [6, 6.07) is 13.5. The van der Waals surface area contributed by atoms with Gasteiger partial charge in [0.25, 0.3) is 0 Å². The van der Waals surface area contributed by atoms with Gasteiger partial charge in [0.15, 0.2) is 0 Å². The van der Waals surface area contributed by atoms with Crippen LogP contribution in [-0.2, 0) is 6.54 Å². The highest BCUT2D eigenvalue weighted by molar-refractivity contribution is 7.07. The van der Waals surface area contributed by atoms with Crippen LogP contribution in [0, 0.1) is 5.41 Å². The van der Waals surface area contributed by atoms with Gasteiger partial charge in [-0.15, -0.1) is 0 Å². The van der Waals surface area contributed by atoms with Gasteiger partial charge in [-0.25, -0.2) is 0 Å². The molecule has 0 saturated heterocycles. The SMILES string of the molecule is N=C(N)CC(c1ccccc1)N(Cc1ccsc1)C1CC1. The van der Waals surface area contributed by atoms with Crippen molar-refractivity contribution in [3.8, 4) is 0 Å². The Hall–Kier alpha value is -1.65. The summed E-state index contributed by atoms with van der Waals surface area (Å²) in [4.78, 5) is 2.53. The minimum atomic E-state index is 0.205. The molecular formula is C17H21N3S. The number of thiophene rings is 1. The zero-order chi connectivity index (χ0) is 14.7. The molecule has 0 radical (unpaired) electrons. The van der Waals surface area contributed by atoms with E-state index in [9.17, 15) is 0 Å². The van der Waals surface area contributed by atoms with Gasteiger partial charge in [0, 0.05) is 25.0 Å². The van der Waals surface area contributed by atoms with E-state index in [0.29, 0.717) is 12.5 Å². The molecule has 0 amide bonds. The van der Waals surface area contributed by atoms with E-state index in [-0.39, 0.29) is 11.9 Å². The molecule has 110 valence electrons. The van der Waals surface area contributed by atoms with Crippen molar-refractivity contribution >= 4 is 17.2 Å². The number of nitrogens with one attached hydrogen (secondary N) is 1. The summed E-state index contributed by atoms with van der Waals surface area (Å²) in [5.74, 6) is 0.264. The highest BCUT2D eigenvalue weighted by Gasteiger charge is 2.34. The number of rotatable bonds is 7. The fraction of sp³-hybridized carbons (Fsp3) is 0.353. The average molecular weight is 299 g/mol. The molecule has 4 heteroatoms. The number of amidine groups is 1. The fourth-order valence-electron chi connectivity index (χ4n) is 2.80. The molecule has 3 rings (SSSR count). The maximum absolute atomic E-state index is 7.73. The second-order valence-corrected chi connectivity index (χ2v) is 6.47. The maximum Gasteiger partial charge on any atom is 0.0924 e. The topological polar surface area (TPSA) is 53.1 Å². The van der Waals surface area contributed by atoms with Crippen molar-refractivity contribution in [2.45, 2.75) is 37.9 Å². The van der Waals surface area contributed by atoms with Crippen LogP contribution < -0.4 is 5.73 Å². The van der Waals surface area contributed by atoms with Gasteiger partial charge in [-0.1, -0.05) is 30.3 Å². The summed E-state index contributed by atoms with van der Waals surface area (Å²) < 4.78 is 0. The van der Waals surface area contributed by atoms with Crippen LogP contribution in [0.4, 0.5) is 0 Å². The van der Waals surface area contributed by atoms with Crippen LogP contribution in [0.2, 0.25) is 0 Å². The molecule has 3 nitrogen and oxygen atoms in total. The fourth-order valence-corrected chi connectivity index (χ4v) is 3.46. The van der Waals surface area contributed by atoms with Gasteiger partial charge >= 0.3 is 0 Å². The molecule has 0 spiro atoms. The van der Waals surface area contributed by atoms with E-state index >= 15 is 0 Å². The summed E-state index contributed by atoms with van der Waals surface area (Å²) in [7, 11) is 0. The molecule has 1 atom stereocenters. The van der Waals surface area contributed by atoms with Gasteiger partial charge in [0.05, 0.1) is 5.84 Å². The number of benzene rings is 1. The van der Waals surface area contributed by atoms with Crippen molar-refractivity contribution in [1.82, 2.24) is 4.90 Å². The maximum atomic E-state index is 7.73. The monoisotopic (exact) mass is 299 g/mol. The van der Waals surface area contributed by atoms with E-state index in [0.717, 1.165) is 6.54 Å². The normalized spacial score (nSPS) is 16.0. The summed E-state index contributed by atoms with van der Waals surface area (Å²) >= 11 is 1.74. The molecule has 1 unspecified atom stereocenters. The Morgan fingerprint density at radius 1 is 1.29 bits per heavy atom. The van der Waals surface area contributed by atoms with E-state index in [1.165, 1.54) is 24.0 Å². The first-order valence-corrected chi connectivity index (χ1v) is 8.33. The molecule has 0 aliphatic heterocycles. The van der Waals surface area contributed by atoms with E-state index in [1.54, 1.807) is 11.3 Å². The quantitative estimate of drug-likeness (QED) is 0.604. The molecule has 1 saturated carbocycles. The Labute approximate surface area is 129 Å². The zero-order valence-electron chi connectivity index (χ0n) is 12.0. The second-order valence-electron chi connectivity index (χ2n) is 5.69. The van der Waals surface area contributed by atoms with Crippen molar-refractivity contribution in [3.63, 3.8) is 0 Å². The van der Waals surface area contributed by atoms with Crippen molar-refractivity contribution < 1.29 is 0 Å². The largest absolute Gasteiger partial charge is 0.388 e. The van der Waals surface area contributed by atoms with Crippen LogP contribution in [0.5, 0.6) is 0 Å². The van der Waals surface area contributed by atoms with Crippen LogP contribution in [0.25, 0.3) is 0 Å².